The number of piperidine rings is 1. The minimum atomic E-state index is 0. The molecule has 1 saturated heterocycles. The highest BCUT2D eigenvalue weighted by Gasteiger charge is 2.36. The van der Waals surface area contributed by atoms with E-state index in [0.717, 1.165) is 43.8 Å². The largest absolute Gasteiger partial charge is 0.338 e. The fraction of sp³-hybridized carbons (Fsp3) is 0.706. The number of nitrogens with two attached hydrogens (primary N) is 1. The lowest BCUT2D eigenvalue weighted by atomic mass is 9.79. The standard InChI is InChI=1S/C17H26N2OS.ClH/c1-11-4-5-12-13(9-21-14(12)8-11)16(20)19-7-6-15(18)17(2,3)10-19;/h9,11,15H,4-8,10,18H2,1-3H3;1H. The van der Waals surface area contributed by atoms with Gasteiger partial charge in [-0.05, 0) is 42.6 Å². The van der Waals surface area contributed by atoms with E-state index < -0.39 is 0 Å². The molecule has 124 valence electrons. The summed E-state index contributed by atoms with van der Waals surface area (Å²) in [5.74, 6) is 0.980. The Bertz CT molecular complexity index is 555. The molecule has 1 aromatic heterocycles. The topological polar surface area (TPSA) is 46.3 Å². The predicted octanol–water partition coefficient (Wildman–Crippen LogP) is 3.49. The van der Waals surface area contributed by atoms with Crippen LogP contribution in [0.5, 0.6) is 0 Å². The van der Waals surface area contributed by atoms with Gasteiger partial charge in [0, 0.05) is 29.4 Å². The third kappa shape index (κ3) is 3.19. The van der Waals surface area contributed by atoms with Gasteiger partial charge in [0.25, 0.3) is 5.91 Å². The number of carbonyl (C=O) groups is 1. The molecule has 0 bridgehead atoms. The monoisotopic (exact) mass is 342 g/mol. The zero-order valence-corrected chi connectivity index (χ0v) is 15.4. The van der Waals surface area contributed by atoms with Crippen LogP contribution in [0.4, 0.5) is 0 Å². The van der Waals surface area contributed by atoms with Crippen molar-refractivity contribution in [2.45, 2.75) is 52.5 Å². The van der Waals surface area contributed by atoms with Crippen molar-refractivity contribution in [2.24, 2.45) is 17.1 Å². The van der Waals surface area contributed by atoms with Crippen molar-refractivity contribution in [3.8, 4) is 0 Å². The second-order valence-electron chi connectivity index (χ2n) is 7.51. The van der Waals surface area contributed by atoms with Gasteiger partial charge in [-0.25, -0.2) is 0 Å². The number of hydrogen-bond acceptors (Lipinski definition) is 3. The quantitative estimate of drug-likeness (QED) is 0.849. The molecule has 3 rings (SSSR count). The molecule has 1 aliphatic heterocycles. The number of nitrogens with zero attached hydrogens (tertiary/aromatic N) is 1. The summed E-state index contributed by atoms with van der Waals surface area (Å²) >= 11 is 1.78. The third-order valence-corrected chi connectivity index (χ3v) is 6.28. The van der Waals surface area contributed by atoms with Gasteiger partial charge in [-0.15, -0.1) is 23.7 Å². The van der Waals surface area contributed by atoms with E-state index in [0.29, 0.717) is 0 Å². The fourth-order valence-corrected chi connectivity index (χ4v) is 4.81. The van der Waals surface area contributed by atoms with Crippen molar-refractivity contribution in [3.05, 3.63) is 21.4 Å². The molecule has 3 nitrogen and oxygen atoms in total. The first-order valence-corrected chi connectivity index (χ1v) is 8.90. The predicted molar refractivity (Wildman–Crippen MR) is 95.0 cm³/mol. The maximum atomic E-state index is 12.9. The molecule has 5 heteroatoms. The van der Waals surface area contributed by atoms with Crippen LogP contribution in [-0.2, 0) is 12.8 Å². The van der Waals surface area contributed by atoms with Crippen molar-refractivity contribution in [1.82, 2.24) is 4.90 Å². The van der Waals surface area contributed by atoms with E-state index in [4.69, 9.17) is 5.73 Å². The maximum absolute atomic E-state index is 12.9. The number of likely N-dealkylation sites (tertiary alicyclic amines) is 1. The summed E-state index contributed by atoms with van der Waals surface area (Å²) in [4.78, 5) is 16.4. The van der Waals surface area contributed by atoms with Crippen LogP contribution in [0.3, 0.4) is 0 Å². The van der Waals surface area contributed by atoms with Crippen LogP contribution in [-0.4, -0.2) is 29.9 Å². The van der Waals surface area contributed by atoms with Gasteiger partial charge in [0.05, 0.1) is 5.56 Å². The highest BCUT2D eigenvalue weighted by molar-refractivity contribution is 7.10. The Morgan fingerprint density at radius 2 is 2.14 bits per heavy atom. The van der Waals surface area contributed by atoms with Gasteiger partial charge in [-0.2, -0.15) is 0 Å². The van der Waals surface area contributed by atoms with Gasteiger partial charge in [-0.1, -0.05) is 20.8 Å². The first-order valence-electron chi connectivity index (χ1n) is 8.02. The number of amides is 1. The average Bonchev–Trinajstić information content (AvgIpc) is 2.83. The molecule has 2 N–H and O–H groups in total. The van der Waals surface area contributed by atoms with Gasteiger partial charge in [0.1, 0.15) is 0 Å². The summed E-state index contributed by atoms with van der Waals surface area (Å²) in [6, 6.07) is 0.193. The third-order valence-electron chi connectivity index (χ3n) is 5.23. The van der Waals surface area contributed by atoms with Crippen LogP contribution >= 0.6 is 23.7 Å². The summed E-state index contributed by atoms with van der Waals surface area (Å²) in [5.41, 5.74) is 8.49. The van der Waals surface area contributed by atoms with Crippen molar-refractivity contribution in [3.63, 3.8) is 0 Å². The molecule has 0 aromatic carbocycles. The van der Waals surface area contributed by atoms with Gasteiger partial charge in [-0.3, -0.25) is 4.79 Å². The summed E-state index contributed by atoms with van der Waals surface area (Å²) in [6.45, 7) is 8.21. The molecule has 1 aromatic rings. The molecule has 22 heavy (non-hydrogen) atoms. The fourth-order valence-electron chi connectivity index (χ4n) is 3.57. The van der Waals surface area contributed by atoms with E-state index in [1.54, 1.807) is 11.3 Å². The lowest BCUT2D eigenvalue weighted by Gasteiger charge is -2.42. The van der Waals surface area contributed by atoms with Crippen LogP contribution in [0.15, 0.2) is 5.38 Å². The van der Waals surface area contributed by atoms with Gasteiger partial charge in [0.2, 0.25) is 0 Å². The first kappa shape index (κ1) is 17.8. The molecular formula is C17H27ClN2OS. The van der Waals surface area contributed by atoms with E-state index in [9.17, 15) is 4.79 Å². The summed E-state index contributed by atoms with van der Waals surface area (Å²) in [5, 5.41) is 2.09. The Morgan fingerprint density at radius 3 is 2.82 bits per heavy atom. The molecule has 2 heterocycles. The first-order chi connectivity index (χ1) is 9.88. The second-order valence-corrected chi connectivity index (χ2v) is 8.47. The molecule has 0 radical (unpaired) electrons. The average molecular weight is 343 g/mol. The lowest BCUT2D eigenvalue weighted by Crippen LogP contribution is -2.54. The number of rotatable bonds is 1. The smallest absolute Gasteiger partial charge is 0.255 e. The van der Waals surface area contributed by atoms with Crippen molar-refractivity contribution in [1.29, 1.82) is 0 Å². The van der Waals surface area contributed by atoms with E-state index >= 15 is 0 Å². The minimum absolute atomic E-state index is 0. The van der Waals surface area contributed by atoms with E-state index in [1.165, 1.54) is 16.9 Å². The number of carbonyl (C=O) groups excluding carboxylic acids is 1. The molecule has 1 aliphatic carbocycles. The van der Waals surface area contributed by atoms with Crippen LogP contribution in [0.1, 0.15) is 54.4 Å². The highest BCUT2D eigenvalue weighted by atomic mass is 35.5. The number of fused-ring (bicyclic) bond motifs is 1. The number of thiophene rings is 1. The Balaban J connectivity index is 0.00000176. The molecule has 0 spiro atoms. The SMILES string of the molecule is CC1CCc2c(C(=O)N3CCC(N)C(C)(C)C3)csc2C1.Cl. The number of halogens is 1. The Kier molecular flexibility index (Phi) is 5.25. The summed E-state index contributed by atoms with van der Waals surface area (Å²) in [6.07, 6.45) is 4.32. The number of hydrogen-bond donors (Lipinski definition) is 1. The molecule has 0 saturated carbocycles. The Hall–Kier alpha value is -0.580. The molecule has 2 atom stereocenters. The molecule has 2 aliphatic rings. The Labute approximate surface area is 143 Å². The highest BCUT2D eigenvalue weighted by Crippen LogP contribution is 2.35. The van der Waals surface area contributed by atoms with Crippen molar-refractivity contribution < 1.29 is 4.79 Å². The van der Waals surface area contributed by atoms with Gasteiger partial charge < -0.3 is 10.6 Å². The zero-order valence-electron chi connectivity index (χ0n) is 13.7. The van der Waals surface area contributed by atoms with Crippen molar-refractivity contribution >= 4 is 29.7 Å². The maximum Gasteiger partial charge on any atom is 0.255 e. The van der Waals surface area contributed by atoms with Crippen LogP contribution in [0.2, 0.25) is 0 Å². The lowest BCUT2D eigenvalue weighted by molar-refractivity contribution is 0.0532. The minimum Gasteiger partial charge on any atom is -0.338 e. The second kappa shape index (κ2) is 6.50. The van der Waals surface area contributed by atoms with E-state index in [-0.39, 0.29) is 29.8 Å². The molecule has 1 amide bonds. The van der Waals surface area contributed by atoms with Crippen LogP contribution < -0.4 is 5.73 Å². The van der Waals surface area contributed by atoms with E-state index in [2.05, 4.69) is 26.2 Å². The zero-order chi connectivity index (χ0) is 15.2. The van der Waals surface area contributed by atoms with Crippen molar-refractivity contribution in [2.75, 3.05) is 13.1 Å². The van der Waals surface area contributed by atoms with Crippen LogP contribution in [0, 0.1) is 11.3 Å². The molecular weight excluding hydrogens is 316 g/mol. The Morgan fingerprint density at radius 1 is 1.41 bits per heavy atom. The summed E-state index contributed by atoms with van der Waals surface area (Å²) < 4.78 is 0. The normalized spacial score (nSPS) is 27.0. The van der Waals surface area contributed by atoms with Gasteiger partial charge >= 0.3 is 0 Å². The summed E-state index contributed by atoms with van der Waals surface area (Å²) in [7, 11) is 0. The molecule has 1 fully saturated rings. The van der Waals surface area contributed by atoms with Crippen LogP contribution in [0.25, 0.3) is 0 Å². The molecule has 2 unspecified atom stereocenters. The van der Waals surface area contributed by atoms with Gasteiger partial charge in [0.15, 0.2) is 0 Å². The van der Waals surface area contributed by atoms with E-state index in [1.807, 2.05) is 4.90 Å².